The maximum absolute atomic E-state index is 13.8. The maximum atomic E-state index is 13.8. The molecular weight excluding hydrogens is 473 g/mol. The number of nitrogens with one attached hydrogen (secondary N) is 2. The molecule has 11 heteroatoms. The van der Waals surface area contributed by atoms with Gasteiger partial charge >= 0.3 is 0 Å². The summed E-state index contributed by atoms with van der Waals surface area (Å²) in [4.78, 5) is 16.7. The minimum Gasteiger partial charge on any atom is -0.381 e. The van der Waals surface area contributed by atoms with Crippen molar-refractivity contribution in [2.75, 3.05) is 13.2 Å². The first kappa shape index (κ1) is 23.3. The predicted molar refractivity (Wildman–Crippen MR) is 127 cm³/mol. The summed E-state index contributed by atoms with van der Waals surface area (Å²) in [6, 6.07) is 9.32. The SMILES string of the molecule is NC(=O)C1C=CN=CC1(NC1CCOCC1)c1[nH]nc2ccc(S(=O)(=O)c3cccc(F)c3)cc12. The Morgan fingerprint density at radius 3 is 2.69 bits per heavy atom. The molecule has 1 aromatic heterocycles. The van der Waals surface area contributed by atoms with Gasteiger partial charge in [-0.3, -0.25) is 20.2 Å². The van der Waals surface area contributed by atoms with Gasteiger partial charge in [-0.05, 0) is 49.2 Å². The number of amides is 1. The summed E-state index contributed by atoms with van der Waals surface area (Å²) >= 11 is 0. The molecule has 3 heterocycles. The Hall–Kier alpha value is -3.41. The number of carbonyl (C=O) groups is 1. The van der Waals surface area contributed by atoms with E-state index >= 15 is 0 Å². The molecule has 2 aliphatic rings. The molecule has 1 amide bonds. The molecule has 2 atom stereocenters. The molecule has 2 aromatic carbocycles. The molecule has 0 saturated carbocycles. The first-order valence-corrected chi connectivity index (χ1v) is 12.6. The molecular formula is C24H24FN5O4S. The number of hydrogen-bond donors (Lipinski definition) is 3. The van der Waals surface area contributed by atoms with Gasteiger partial charge in [-0.2, -0.15) is 5.10 Å². The predicted octanol–water partition coefficient (Wildman–Crippen LogP) is 2.20. The lowest BCUT2D eigenvalue weighted by molar-refractivity contribution is -0.122. The van der Waals surface area contributed by atoms with Crippen molar-refractivity contribution in [2.24, 2.45) is 16.6 Å². The Balaban J connectivity index is 1.66. The van der Waals surface area contributed by atoms with Gasteiger partial charge in [0.2, 0.25) is 15.7 Å². The van der Waals surface area contributed by atoms with Crippen LogP contribution in [0, 0.1) is 11.7 Å². The second-order valence-electron chi connectivity index (χ2n) is 8.64. The van der Waals surface area contributed by atoms with Crippen LogP contribution in [0.3, 0.4) is 0 Å². The van der Waals surface area contributed by atoms with Crippen molar-refractivity contribution in [1.29, 1.82) is 0 Å². The molecule has 0 bridgehead atoms. The van der Waals surface area contributed by atoms with Gasteiger partial charge in [-0.25, -0.2) is 12.8 Å². The Morgan fingerprint density at radius 2 is 1.94 bits per heavy atom. The van der Waals surface area contributed by atoms with Gasteiger partial charge in [0.25, 0.3) is 0 Å². The van der Waals surface area contributed by atoms with Crippen LogP contribution in [0.2, 0.25) is 0 Å². The highest BCUT2D eigenvalue weighted by Crippen LogP contribution is 2.37. The molecule has 9 nitrogen and oxygen atoms in total. The topological polar surface area (TPSA) is 140 Å². The summed E-state index contributed by atoms with van der Waals surface area (Å²) in [7, 11) is -4.01. The Kier molecular flexibility index (Phi) is 5.99. The number of hydrogen-bond acceptors (Lipinski definition) is 7. The number of ether oxygens (including phenoxy) is 1. The van der Waals surface area contributed by atoms with Crippen LogP contribution in [0.1, 0.15) is 18.5 Å². The van der Waals surface area contributed by atoms with Gasteiger partial charge in [0.05, 0.1) is 26.9 Å². The molecule has 0 radical (unpaired) electrons. The molecule has 0 spiro atoms. The van der Waals surface area contributed by atoms with Crippen molar-refractivity contribution in [2.45, 2.75) is 34.2 Å². The van der Waals surface area contributed by atoms with Crippen LogP contribution in [0.4, 0.5) is 4.39 Å². The van der Waals surface area contributed by atoms with Crippen LogP contribution in [-0.4, -0.2) is 50.0 Å². The van der Waals surface area contributed by atoms with Crippen molar-refractivity contribution in [1.82, 2.24) is 15.5 Å². The van der Waals surface area contributed by atoms with Crippen LogP contribution in [-0.2, 0) is 24.9 Å². The number of aromatic nitrogens is 2. The second-order valence-corrected chi connectivity index (χ2v) is 10.6. The summed E-state index contributed by atoms with van der Waals surface area (Å²) in [5.74, 6) is -2.03. The quantitative estimate of drug-likeness (QED) is 0.477. The number of aromatic amines is 1. The fourth-order valence-electron chi connectivity index (χ4n) is 4.69. The summed E-state index contributed by atoms with van der Waals surface area (Å²) in [5.41, 5.74) is 5.59. The lowest BCUT2D eigenvalue weighted by atomic mass is 9.78. The van der Waals surface area contributed by atoms with Crippen LogP contribution >= 0.6 is 0 Å². The number of primary amides is 1. The van der Waals surface area contributed by atoms with Crippen LogP contribution in [0.15, 0.2) is 69.5 Å². The smallest absolute Gasteiger partial charge is 0.227 e. The zero-order chi connectivity index (χ0) is 24.6. The van der Waals surface area contributed by atoms with Crippen molar-refractivity contribution >= 4 is 32.9 Å². The molecule has 182 valence electrons. The van der Waals surface area contributed by atoms with Crippen molar-refractivity contribution in [3.05, 3.63) is 66.3 Å². The van der Waals surface area contributed by atoms with E-state index in [1.54, 1.807) is 18.4 Å². The maximum Gasteiger partial charge on any atom is 0.227 e. The number of sulfone groups is 1. The third-order valence-electron chi connectivity index (χ3n) is 6.46. The lowest BCUT2D eigenvalue weighted by Gasteiger charge is -2.40. The molecule has 1 fully saturated rings. The fourth-order valence-corrected chi connectivity index (χ4v) is 6.01. The largest absolute Gasteiger partial charge is 0.381 e. The van der Waals surface area contributed by atoms with Crippen molar-refractivity contribution < 1.29 is 22.3 Å². The molecule has 3 aromatic rings. The highest BCUT2D eigenvalue weighted by molar-refractivity contribution is 7.91. The van der Waals surface area contributed by atoms with Crippen LogP contribution in [0.25, 0.3) is 10.9 Å². The number of rotatable bonds is 6. The van der Waals surface area contributed by atoms with Crippen LogP contribution in [0.5, 0.6) is 0 Å². The number of H-pyrrole nitrogens is 1. The minimum atomic E-state index is -4.01. The van der Waals surface area contributed by atoms with Gasteiger partial charge in [0, 0.05) is 37.1 Å². The third kappa shape index (κ3) is 4.15. The van der Waals surface area contributed by atoms with Gasteiger partial charge in [-0.1, -0.05) is 12.1 Å². The van der Waals surface area contributed by atoms with Crippen LogP contribution < -0.4 is 11.1 Å². The highest BCUT2D eigenvalue weighted by atomic mass is 32.2. The number of benzene rings is 2. The van der Waals surface area contributed by atoms with Gasteiger partial charge in [0.1, 0.15) is 11.4 Å². The molecule has 2 aliphatic heterocycles. The summed E-state index contributed by atoms with van der Waals surface area (Å²) < 4.78 is 45.8. The molecule has 4 N–H and O–H groups in total. The minimum absolute atomic E-state index is 0.00103. The number of carbonyl (C=O) groups excluding carboxylic acids is 1. The Bertz CT molecular complexity index is 1450. The normalized spacial score (nSPS) is 23.1. The molecule has 2 unspecified atom stereocenters. The number of fused-ring (bicyclic) bond motifs is 1. The molecule has 35 heavy (non-hydrogen) atoms. The van der Waals surface area contributed by atoms with Gasteiger partial charge in [0.15, 0.2) is 0 Å². The van der Waals surface area contributed by atoms with Crippen molar-refractivity contribution in [3.8, 4) is 0 Å². The van der Waals surface area contributed by atoms with Gasteiger partial charge in [-0.15, -0.1) is 0 Å². The monoisotopic (exact) mass is 497 g/mol. The summed E-state index contributed by atoms with van der Waals surface area (Å²) in [6.07, 6.45) is 6.18. The first-order chi connectivity index (χ1) is 16.8. The van der Waals surface area contributed by atoms with Crippen molar-refractivity contribution in [3.63, 3.8) is 0 Å². The average Bonchev–Trinajstić information content (AvgIpc) is 3.29. The lowest BCUT2D eigenvalue weighted by Crippen LogP contribution is -2.58. The standard InChI is InChI=1S/C24H24FN5O4S/c25-15-2-1-3-17(12-15)35(32,33)18-4-5-21-19(13-18)22(30-29-21)24(28-16-7-10-34-11-8-16)14-27-9-6-20(24)23(26)31/h1-6,9,12-14,16,20,28H,7-8,10-11H2,(H2,26,31)(H,29,30). The Morgan fingerprint density at radius 1 is 1.17 bits per heavy atom. The number of halogens is 1. The fraction of sp³-hybridized carbons (Fsp3) is 0.292. The summed E-state index contributed by atoms with van der Waals surface area (Å²) in [5, 5.41) is 11.4. The van der Waals surface area contributed by atoms with E-state index in [0.29, 0.717) is 29.8 Å². The van der Waals surface area contributed by atoms with E-state index in [4.69, 9.17) is 10.5 Å². The first-order valence-electron chi connectivity index (χ1n) is 11.2. The molecule has 0 aliphatic carbocycles. The van der Waals surface area contributed by atoms with E-state index in [2.05, 4.69) is 20.5 Å². The van der Waals surface area contributed by atoms with E-state index < -0.39 is 33.0 Å². The third-order valence-corrected chi connectivity index (χ3v) is 8.21. The average molecular weight is 498 g/mol. The molecule has 1 saturated heterocycles. The number of aliphatic imine (C=N–C) groups is 1. The van der Waals surface area contributed by atoms with E-state index in [-0.39, 0.29) is 15.8 Å². The van der Waals surface area contributed by atoms with Gasteiger partial charge < -0.3 is 10.5 Å². The second kappa shape index (κ2) is 8.99. The highest BCUT2D eigenvalue weighted by Gasteiger charge is 2.46. The van der Waals surface area contributed by atoms with E-state index in [1.165, 1.54) is 36.5 Å². The van der Waals surface area contributed by atoms with E-state index in [9.17, 15) is 17.6 Å². The van der Waals surface area contributed by atoms with E-state index in [1.807, 2.05) is 0 Å². The Labute approximate surface area is 201 Å². The summed E-state index contributed by atoms with van der Waals surface area (Å²) in [6.45, 7) is 1.14. The number of nitrogens with zero attached hydrogens (tertiary/aromatic N) is 2. The van der Waals surface area contributed by atoms with E-state index in [0.717, 1.165) is 18.9 Å². The zero-order valence-corrected chi connectivity index (χ0v) is 19.5. The zero-order valence-electron chi connectivity index (χ0n) is 18.6. The number of nitrogens with two attached hydrogens (primary N) is 1. The molecule has 5 rings (SSSR count).